The van der Waals surface area contributed by atoms with E-state index in [1.165, 1.54) is 12.8 Å². The van der Waals surface area contributed by atoms with Gasteiger partial charge in [0, 0.05) is 42.3 Å². The summed E-state index contributed by atoms with van der Waals surface area (Å²) in [4.78, 5) is 28.5. The third-order valence-corrected chi connectivity index (χ3v) is 6.49. The van der Waals surface area contributed by atoms with Gasteiger partial charge in [0.25, 0.3) is 0 Å². The third kappa shape index (κ3) is 6.84. The van der Waals surface area contributed by atoms with E-state index in [9.17, 15) is 9.59 Å². The topological polar surface area (TPSA) is 79.3 Å². The number of hydrogen-bond acceptors (Lipinski definition) is 4. The fraction of sp³-hybridized carbons (Fsp3) is 0.593. The fourth-order valence-corrected chi connectivity index (χ4v) is 4.58. The molecule has 186 valence electrons. The van der Waals surface area contributed by atoms with E-state index in [1.807, 2.05) is 36.7 Å². The van der Waals surface area contributed by atoms with Gasteiger partial charge >= 0.3 is 0 Å². The van der Waals surface area contributed by atoms with Gasteiger partial charge in [0.15, 0.2) is 0 Å². The second-order valence-electron chi connectivity index (χ2n) is 9.90. The second-order valence-corrected chi connectivity index (χ2v) is 9.90. The summed E-state index contributed by atoms with van der Waals surface area (Å²) in [5.74, 6) is 0.174. The van der Waals surface area contributed by atoms with Crippen molar-refractivity contribution in [2.24, 2.45) is 5.92 Å². The third-order valence-electron chi connectivity index (χ3n) is 6.49. The number of unbranched alkanes of at least 4 members (excludes halogenated alkanes) is 1. The lowest BCUT2D eigenvalue weighted by molar-refractivity contribution is -0.126. The van der Waals surface area contributed by atoms with Gasteiger partial charge in [-0.2, -0.15) is 5.10 Å². The van der Waals surface area contributed by atoms with Crippen molar-refractivity contribution in [1.29, 1.82) is 0 Å². The Kier molecular flexibility index (Phi) is 9.13. The lowest BCUT2D eigenvalue weighted by atomic mass is 10.1. The van der Waals surface area contributed by atoms with E-state index in [0.717, 1.165) is 60.8 Å². The Morgan fingerprint density at radius 2 is 1.88 bits per heavy atom. The van der Waals surface area contributed by atoms with Crippen LogP contribution in [0.15, 0.2) is 24.3 Å². The highest BCUT2D eigenvalue weighted by Gasteiger charge is 2.23. The average molecular weight is 468 g/mol. The Hall–Kier alpha value is -2.83. The quantitative estimate of drug-likeness (QED) is 0.506. The van der Waals surface area contributed by atoms with Gasteiger partial charge in [-0.1, -0.05) is 39.7 Å². The molecule has 2 N–H and O–H groups in total. The van der Waals surface area contributed by atoms with Gasteiger partial charge in [0.2, 0.25) is 11.8 Å². The Morgan fingerprint density at radius 3 is 2.56 bits per heavy atom. The standard InChI is InChI=1S/C27H41N5O2/c1-6-7-13-25(27(34)28-22-11-10-12-23(16-22)31-14-8-9-15-31)29-26(33)17-24-20(4)30-32(21(24)5)18-19(2)3/h10-12,16,19,25H,6-9,13-15,17-18H2,1-5H3,(H,28,34)(H,29,33). The van der Waals surface area contributed by atoms with Crippen LogP contribution in [0.1, 0.15) is 69.8 Å². The van der Waals surface area contributed by atoms with Gasteiger partial charge in [-0.3, -0.25) is 14.3 Å². The molecule has 1 unspecified atom stereocenters. The van der Waals surface area contributed by atoms with Crippen LogP contribution in [-0.2, 0) is 22.6 Å². The molecule has 34 heavy (non-hydrogen) atoms. The summed E-state index contributed by atoms with van der Waals surface area (Å²) in [5, 5.41) is 10.6. The van der Waals surface area contributed by atoms with Crippen molar-refractivity contribution in [3.8, 4) is 0 Å². The first-order chi connectivity index (χ1) is 16.3. The van der Waals surface area contributed by atoms with Crippen LogP contribution < -0.4 is 15.5 Å². The van der Waals surface area contributed by atoms with E-state index >= 15 is 0 Å². The Balaban J connectivity index is 1.66. The number of nitrogens with zero attached hydrogens (tertiary/aromatic N) is 3. The van der Waals surface area contributed by atoms with Gasteiger partial charge in [-0.05, 0) is 57.2 Å². The highest BCUT2D eigenvalue weighted by molar-refractivity contribution is 5.97. The molecule has 1 saturated heterocycles. The van der Waals surface area contributed by atoms with E-state index in [4.69, 9.17) is 0 Å². The highest BCUT2D eigenvalue weighted by Crippen LogP contribution is 2.23. The molecule has 2 heterocycles. The van der Waals surface area contributed by atoms with E-state index in [1.54, 1.807) is 0 Å². The Morgan fingerprint density at radius 1 is 1.15 bits per heavy atom. The van der Waals surface area contributed by atoms with Gasteiger partial charge in [-0.15, -0.1) is 0 Å². The molecule has 1 atom stereocenters. The number of aromatic nitrogens is 2. The van der Waals surface area contributed by atoms with Crippen LogP contribution in [-0.4, -0.2) is 40.7 Å². The molecule has 0 bridgehead atoms. The van der Waals surface area contributed by atoms with Gasteiger partial charge in [-0.25, -0.2) is 0 Å². The molecule has 7 nitrogen and oxygen atoms in total. The summed E-state index contributed by atoms with van der Waals surface area (Å²) in [6.07, 6.45) is 5.09. The maximum Gasteiger partial charge on any atom is 0.246 e. The van der Waals surface area contributed by atoms with E-state index in [0.29, 0.717) is 12.3 Å². The first-order valence-corrected chi connectivity index (χ1v) is 12.8. The monoisotopic (exact) mass is 467 g/mol. The number of rotatable bonds is 11. The number of benzene rings is 1. The zero-order chi connectivity index (χ0) is 24.7. The molecule has 7 heteroatoms. The fourth-order valence-electron chi connectivity index (χ4n) is 4.58. The lowest BCUT2D eigenvalue weighted by Gasteiger charge is -2.21. The van der Waals surface area contributed by atoms with Crippen LogP contribution in [0.5, 0.6) is 0 Å². The predicted octanol–water partition coefficient (Wildman–Crippen LogP) is 4.61. The lowest BCUT2D eigenvalue weighted by Crippen LogP contribution is -2.44. The Bertz CT molecular complexity index is 975. The summed E-state index contributed by atoms with van der Waals surface area (Å²) in [5.41, 5.74) is 4.75. The van der Waals surface area contributed by atoms with Crippen molar-refractivity contribution >= 4 is 23.2 Å². The SMILES string of the molecule is CCCCC(NC(=O)Cc1c(C)nn(CC(C)C)c1C)C(=O)Nc1cccc(N2CCCC2)c1. The van der Waals surface area contributed by atoms with Crippen LogP contribution in [0.3, 0.4) is 0 Å². The number of hydrogen-bond donors (Lipinski definition) is 2. The van der Waals surface area contributed by atoms with Crippen molar-refractivity contribution in [2.45, 2.75) is 85.7 Å². The van der Waals surface area contributed by atoms with Crippen LogP contribution >= 0.6 is 0 Å². The number of anilines is 2. The summed E-state index contributed by atoms with van der Waals surface area (Å²) in [6, 6.07) is 7.43. The predicted molar refractivity (Wildman–Crippen MR) is 138 cm³/mol. The summed E-state index contributed by atoms with van der Waals surface area (Å²) < 4.78 is 1.98. The highest BCUT2D eigenvalue weighted by atomic mass is 16.2. The number of nitrogens with one attached hydrogen (secondary N) is 2. The Labute approximate surface area is 204 Å². The maximum atomic E-state index is 13.1. The minimum atomic E-state index is -0.561. The average Bonchev–Trinajstić information content (AvgIpc) is 3.41. The summed E-state index contributed by atoms with van der Waals surface area (Å²) in [7, 11) is 0. The molecule has 1 aliphatic rings. The zero-order valence-corrected chi connectivity index (χ0v) is 21.5. The van der Waals surface area contributed by atoms with E-state index in [-0.39, 0.29) is 18.2 Å². The molecule has 1 aliphatic heterocycles. The minimum Gasteiger partial charge on any atom is -0.371 e. The normalized spacial score (nSPS) is 14.5. The van der Waals surface area contributed by atoms with Crippen LogP contribution in [0.4, 0.5) is 11.4 Å². The minimum absolute atomic E-state index is 0.141. The summed E-state index contributed by atoms with van der Waals surface area (Å²) >= 11 is 0. The van der Waals surface area contributed by atoms with Crippen LogP contribution in [0.2, 0.25) is 0 Å². The first kappa shape index (κ1) is 25.8. The molecule has 1 aromatic carbocycles. The molecule has 0 spiro atoms. The van der Waals surface area contributed by atoms with Gasteiger partial charge < -0.3 is 15.5 Å². The molecule has 0 saturated carbocycles. The molecule has 3 rings (SSSR count). The van der Waals surface area contributed by atoms with Gasteiger partial charge in [0.05, 0.1) is 12.1 Å². The molecular weight excluding hydrogens is 426 g/mol. The number of aryl methyl sites for hydroxylation is 1. The molecule has 2 amide bonds. The van der Waals surface area contributed by atoms with Crippen LogP contribution in [0.25, 0.3) is 0 Å². The van der Waals surface area contributed by atoms with Crippen molar-refractivity contribution < 1.29 is 9.59 Å². The van der Waals surface area contributed by atoms with Crippen molar-refractivity contribution in [3.05, 3.63) is 41.2 Å². The molecule has 0 aliphatic carbocycles. The zero-order valence-electron chi connectivity index (χ0n) is 21.5. The number of carbonyl (C=O) groups is 2. The molecule has 1 aromatic heterocycles. The molecular formula is C27H41N5O2. The van der Waals surface area contributed by atoms with Gasteiger partial charge in [0.1, 0.15) is 6.04 Å². The molecule has 1 fully saturated rings. The number of amides is 2. The smallest absolute Gasteiger partial charge is 0.246 e. The van der Waals surface area contributed by atoms with Crippen LogP contribution in [0, 0.1) is 19.8 Å². The van der Waals surface area contributed by atoms with E-state index in [2.05, 4.69) is 47.5 Å². The van der Waals surface area contributed by atoms with Crippen molar-refractivity contribution in [2.75, 3.05) is 23.3 Å². The van der Waals surface area contributed by atoms with Crippen molar-refractivity contribution in [1.82, 2.24) is 15.1 Å². The number of carbonyl (C=O) groups excluding carboxylic acids is 2. The van der Waals surface area contributed by atoms with Crippen molar-refractivity contribution in [3.63, 3.8) is 0 Å². The largest absolute Gasteiger partial charge is 0.371 e. The molecule has 0 radical (unpaired) electrons. The first-order valence-electron chi connectivity index (χ1n) is 12.8. The second kappa shape index (κ2) is 12.0. The molecule has 2 aromatic rings. The maximum absolute atomic E-state index is 13.1. The summed E-state index contributed by atoms with van der Waals surface area (Å²) in [6.45, 7) is 13.3. The van der Waals surface area contributed by atoms with E-state index < -0.39 is 6.04 Å².